The lowest BCUT2D eigenvalue weighted by atomic mass is 10.2. The number of nitrogens with two attached hydrogens (primary N) is 1. The van der Waals surface area contributed by atoms with Crippen molar-refractivity contribution < 1.29 is 9.53 Å². The van der Waals surface area contributed by atoms with Gasteiger partial charge in [-0.05, 0) is 53.8 Å². The number of hydrogen-bond acceptors (Lipinski definition) is 4. The number of nitrogens with one attached hydrogen (secondary N) is 1. The molecule has 0 atom stereocenters. The first kappa shape index (κ1) is 17.6. The van der Waals surface area contributed by atoms with E-state index in [1.54, 1.807) is 13.0 Å². The van der Waals surface area contributed by atoms with Crippen LogP contribution in [0.25, 0.3) is 0 Å². The molecule has 1 amide bonds. The molecule has 6 nitrogen and oxygen atoms in total. The Hall–Kier alpha value is -1.74. The van der Waals surface area contributed by atoms with Crippen molar-refractivity contribution in [3.63, 3.8) is 0 Å². The van der Waals surface area contributed by atoms with Gasteiger partial charge in [-0.25, -0.2) is 0 Å². The van der Waals surface area contributed by atoms with Gasteiger partial charge in [-0.1, -0.05) is 11.6 Å². The zero-order valence-corrected chi connectivity index (χ0v) is 15.4. The number of anilines is 1. The monoisotopic (exact) mass is 447 g/mol. The fourth-order valence-electron chi connectivity index (χ4n) is 2.04. The van der Waals surface area contributed by atoms with Crippen molar-refractivity contribution in [2.75, 3.05) is 12.0 Å². The van der Waals surface area contributed by atoms with Crippen LogP contribution < -0.4 is 21.3 Å². The van der Waals surface area contributed by atoms with Crippen LogP contribution >= 0.6 is 34.2 Å². The molecule has 8 heteroatoms. The quantitative estimate of drug-likeness (QED) is 0.545. The van der Waals surface area contributed by atoms with Crippen molar-refractivity contribution in [3.05, 3.63) is 54.3 Å². The van der Waals surface area contributed by atoms with Crippen molar-refractivity contribution in [2.24, 2.45) is 12.8 Å². The summed E-state index contributed by atoms with van der Waals surface area (Å²) in [5.41, 5.74) is 6.35. The molecular weight excluding hydrogens is 433 g/mol. The first-order valence-electron chi connectivity index (χ1n) is 6.63. The number of amides is 1. The molecule has 2 aromatic rings. The average Bonchev–Trinajstić information content (AvgIpc) is 2.48. The second kappa shape index (κ2) is 7.22. The van der Waals surface area contributed by atoms with Gasteiger partial charge in [0.05, 0.1) is 16.3 Å². The van der Waals surface area contributed by atoms with Crippen molar-refractivity contribution in [2.45, 2.75) is 6.92 Å². The van der Waals surface area contributed by atoms with E-state index < -0.39 is 5.91 Å². The number of primary amides is 1. The summed E-state index contributed by atoms with van der Waals surface area (Å²) < 4.78 is 7.81. The number of carbonyl (C=O) groups is 1. The Bertz CT molecular complexity index is 820. The van der Waals surface area contributed by atoms with Crippen LogP contribution in [0.1, 0.15) is 15.9 Å². The summed E-state index contributed by atoms with van der Waals surface area (Å²) in [6, 6.07) is 6.95. The molecule has 0 bridgehead atoms. The Morgan fingerprint density at radius 2 is 2.13 bits per heavy atom. The first-order chi connectivity index (χ1) is 10.8. The topological polar surface area (TPSA) is 86.3 Å². The zero-order valence-electron chi connectivity index (χ0n) is 12.5. The summed E-state index contributed by atoms with van der Waals surface area (Å²) in [6.07, 6.45) is 0. The van der Waals surface area contributed by atoms with Gasteiger partial charge in [0.1, 0.15) is 0 Å². The summed E-state index contributed by atoms with van der Waals surface area (Å²) >= 11 is 8.28. The van der Waals surface area contributed by atoms with Crippen LogP contribution in [0.5, 0.6) is 5.88 Å². The number of hydrogen-bond donors (Lipinski definition) is 2. The van der Waals surface area contributed by atoms with E-state index in [1.807, 2.05) is 12.1 Å². The van der Waals surface area contributed by atoms with Gasteiger partial charge in [0.15, 0.2) is 6.73 Å². The van der Waals surface area contributed by atoms with Crippen molar-refractivity contribution in [3.8, 4) is 5.88 Å². The van der Waals surface area contributed by atoms with Gasteiger partial charge in [-0.3, -0.25) is 14.2 Å². The number of nitrogens with zero attached hydrogens (tertiary/aromatic N) is 1. The molecule has 2 rings (SSSR count). The minimum atomic E-state index is -0.661. The van der Waals surface area contributed by atoms with Crippen LogP contribution in [-0.4, -0.2) is 17.2 Å². The fraction of sp³-hybridized carbons (Fsp3) is 0.200. The molecule has 122 valence electrons. The predicted molar refractivity (Wildman–Crippen MR) is 98.2 cm³/mol. The van der Waals surface area contributed by atoms with Crippen LogP contribution in [0.4, 0.5) is 5.69 Å². The summed E-state index contributed by atoms with van der Waals surface area (Å²) in [5, 5.41) is 3.54. The third-order valence-electron chi connectivity index (χ3n) is 3.21. The van der Waals surface area contributed by atoms with Gasteiger partial charge in [0, 0.05) is 16.2 Å². The van der Waals surface area contributed by atoms with Gasteiger partial charge in [0.2, 0.25) is 5.88 Å². The molecule has 1 aromatic heterocycles. The molecule has 0 aliphatic rings. The number of aryl methyl sites for hydroxylation is 1. The van der Waals surface area contributed by atoms with E-state index in [1.165, 1.54) is 17.7 Å². The van der Waals surface area contributed by atoms with E-state index in [4.69, 9.17) is 22.1 Å². The third-order valence-corrected chi connectivity index (χ3v) is 4.19. The molecule has 23 heavy (non-hydrogen) atoms. The third kappa shape index (κ3) is 3.97. The van der Waals surface area contributed by atoms with Crippen LogP contribution in [0.15, 0.2) is 29.1 Å². The van der Waals surface area contributed by atoms with Crippen LogP contribution in [-0.2, 0) is 7.05 Å². The molecule has 0 fully saturated rings. The highest BCUT2D eigenvalue weighted by atomic mass is 127. The standard InChI is InChI=1S/C15H15ClIN3O3/c1-8-5-10(13(18)21)15(20(2)14(8)22)23-7-19-12-4-3-9(17)6-11(12)16/h3-6,19H,7H2,1-2H3,(H2,18,21). The normalized spacial score (nSPS) is 10.4. The predicted octanol–water partition coefficient (Wildman–Crippen LogP) is 2.50. The number of ether oxygens (including phenoxy) is 1. The van der Waals surface area contributed by atoms with Crippen molar-refractivity contribution in [1.29, 1.82) is 0 Å². The lowest BCUT2D eigenvalue weighted by Gasteiger charge is -2.15. The highest BCUT2D eigenvalue weighted by molar-refractivity contribution is 14.1. The average molecular weight is 448 g/mol. The van der Waals surface area contributed by atoms with Crippen LogP contribution in [0.3, 0.4) is 0 Å². The van der Waals surface area contributed by atoms with Crippen LogP contribution in [0, 0.1) is 10.5 Å². The summed E-state index contributed by atoms with van der Waals surface area (Å²) in [7, 11) is 1.52. The summed E-state index contributed by atoms with van der Waals surface area (Å²) in [4.78, 5) is 23.5. The maximum absolute atomic E-state index is 12.0. The minimum Gasteiger partial charge on any atom is -0.457 e. The summed E-state index contributed by atoms with van der Waals surface area (Å²) in [5.74, 6) is -0.548. The Morgan fingerprint density at radius 3 is 2.74 bits per heavy atom. The van der Waals surface area contributed by atoms with E-state index in [0.29, 0.717) is 16.3 Å². The summed E-state index contributed by atoms with van der Waals surface area (Å²) in [6.45, 7) is 1.64. The second-order valence-electron chi connectivity index (χ2n) is 4.86. The molecule has 0 saturated heterocycles. The molecule has 1 heterocycles. The number of carbonyl (C=O) groups excluding carboxylic acids is 1. The second-order valence-corrected chi connectivity index (χ2v) is 6.52. The van der Waals surface area contributed by atoms with Gasteiger partial charge < -0.3 is 15.8 Å². The zero-order chi connectivity index (χ0) is 17.1. The highest BCUT2D eigenvalue weighted by Crippen LogP contribution is 2.24. The Morgan fingerprint density at radius 1 is 1.43 bits per heavy atom. The Balaban J connectivity index is 2.22. The van der Waals surface area contributed by atoms with Crippen molar-refractivity contribution >= 4 is 45.8 Å². The van der Waals surface area contributed by atoms with E-state index in [9.17, 15) is 9.59 Å². The van der Waals surface area contributed by atoms with Gasteiger partial charge in [0.25, 0.3) is 11.5 Å². The Labute approximate surface area is 151 Å². The van der Waals surface area contributed by atoms with E-state index in [2.05, 4.69) is 27.9 Å². The van der Waals surface area contributed by atoms with E-state index in [-0.39, 0.29) is 23.7 Å². The molecule has 0 unspecified atom stereocenters. The van der Waals surface area contributed by atoms with Gasteiger partial charge in [-0.15, -0.1) is 0 Å². The molecular formula is C15H15ClIN3O3. The fourth-order valence-corrected chi connectivity index (χ4v) is 2.97. The minimum absolute atomic E-state index is 0.0247. The highest BCUT2D eigenvalue weighted by Gasteiger charge is 2.16. The molecule has 0 aliphatic carbocycles. The maximum Gasteiger partial charge on any atom is 0.256 e. The number of pyridine rings is 1. The molecule has 0 radical (unpaired) electrons. The number of aromatic nitrogens is 1. The van der Waals surface area contributed by atoms with Gasteiger partial charge in [-0.2, -0.15) is 0 Å². The molecule has 3 N–H and O–H groups in total. The van der Waals surface area contributed by atoms with E-state index >= 15 is 0 Å². The number of benzene rings is 1. The molecule has 0 saturated carbocycles. The van der Waals surface area contributed by atoms with Crippen molar-refractivity contribution in [1.82, 2.24) is 4.57 Å². The van der Waals surface area contributed by atoms with Crippen LogP contribution in [0.2, 0.25) is 5.02 Å². The first-order valence-corrected chi connectivity index (χ1v) is 8.09. The molecule has 0 aliphatic heterocycles. The molecule has 0 spiro atoms. The maximum atomic E-state index is 12.0. The largest absolute Gasteiger partial charge is 0.457 e. The smallest absolute Gasteiger partial charge is 0.256 e. The number of halogens is 2. The number of rotatable bonds is 5. The Kier molecular flexibility index (Phi) is 5.53. The van der Waals surface area contributed by atoms with E-state index in [0.717, 1.165) is 3.57 Å². The SMILES string of the molecule is Cc1cc(C(N)=O)c(OCNc2ccc(I)cc2Cl)n(C)c1=O. The lowest BCUT2D eigenvalue weighted by molar-refractivity contribution is 0.0994. The molecule has 1 aromatic carbocycles. The lowest BCUT2D eigenvalue weighted by Crippen LogP contribution is -2.27. The van der Waals surface area contributed by atoms with Gasteiger partial charge >= 0.3 is 0 Å².